The van der Waals surface area contributed by atoms with E-state index in [4.69, 9.17) is 0 Å². The second kappa shape index (κ2) is 5.69. The Balaban J connectivity index is 2.26. The van der Waals surface area contributed by atoms with Gasteiger partial charge in [-0.3, -0.25) is 4.90 Å². The Hall–Kier alpha value is -0.540. The van der Waals surface area contributed by atoms with E-state index in [0.717, 1.165) is 6.54 Å². The van der Waals surface area contributed by atoms with Crippen molar-refractivity contribution in [2.45, 2.75) is 37.3 Å². The number of pyridine rings is 1. The molecule has 2 rings (SSSR count). The molecule has 1 aliphatic heterocycles. The van der Waals surface area contributed by atoms with Gasteiger partial charge in [-0.1, -0.05) is 19.4 Å². The van der Waals surface area contributed by atoms with Crippen LogP contribution >= 0.6 is 11.8 Å². The van der Waals surface area contributed by atoms with Crippen LogP contribution in [-0.4, -0.2) is 29.2 Å². The number of hydrogen-bond donors (Lipinski definition) is 0. The van der Waals surface area contributed by atoms with Crippen molar-refractivity contribution in [3.05, 3.63) is 23.9 Å². The number of thioether (sulfide) groups is 1. The maximum atomic E-state index is 4.48. The minimum Gasteiger partial charge on any atom is -0.297 e. The Labute approximate surface area is 102 Å². The van der Waals surface area contributed by atoms with E-state index in [1.54, 1.807) is 11.8 Å². The molecule has 1 fully saturated rings. The molecule has 88 valence electrons. The lowest BCUT2D eigenvalue weighted by molar-refractivity contribution is 0.154. The molecule has 16 heavy (non-hydrogen) atoms. The lowest BCUT2D eigenvalue weighted by Crippen LogP contribution is -2.33. The van der Waals surface area contributed by atoms with Crippen LogP contribution in [-0.2, 0) is 0 Å². The SMILES string of the molecule is CCN1CCCC[C@@H]1c1cccnc1SC. The molecule has 0 bridgehead atoms. The Morgan fingerprint density at radius 3 is 3.12 bits per heavy atom. The summed E-state index contributed by atoms with van der Waals surface area (Å²) in [6.45, 7) is 4.64. The van der Waals surface area contributed by atoms with Gasteiger partial charge in [0.05, 0.1) is 0 Å². The molecule has 0 N–H and O–H groups in total. The molecule has 1 saturated heterocycles. The van der Waals surface area contributed by atoms with Crippen molar-refractivity contribution in [2.75, 3.05) is 19.3 Å². The summed E-state index contributed by atoms with van der Waals surface area (Å²) in [6.07, 6.45) is 8.00. The smallest absolute Gasteiger partial charge is 0.100 e. The minimum absolute atomic E-state index is 0.592. The Kier molecular flexibility index (Phi) is 4.24. The predicted octanol–water partition coefficient (Wildman–Crippen LogP) is 3.35. The molecule has 0 radical (unpaired) electrons. The van der Waals surface area contributed by atoms with E-state index in [1.807, 2.05) is 6.20 Å². The number of piperidine rings is 1. The monoisotopic (exact) mass is 236 g/mol. The molecule has 0 aliphatic carbocycles. The van der Waals surface area contributed by atoms with Gasteiger partial charge in [-0.05, 0) is 38.3 Å². The van der Waals surface area contributed by atoms with Crippen LogP contribution in [0.25, 0.3) is 0 Å². The second-order valence-corrected chi connectivity index (χ2v) is 5.04. The van der Waals surface area contributed by atoms with Gasteiger partial charge in [-0.15, -0.1) is 11.8 Å². The molecule has 0 unspecified atom stereocenters. The molecule has 0 spiro atoms. The summed E-state index contributed by atoms with van der Waals surface area (Å²) in [7, 11) is 0. The van der Waals surface area contributed by atoms with Crippen molar-refractivity contribution in [2.24, 2.45) is 0 Å². The number of likely N-dealkylation sites (tertiary alicyclic amines) is 1. The molecule has 0 amide bonds. The molecular weight excluding hydrogens is 216 g/mol. The van der Waals surface area contributed by atoms with Crippen LogP contribution in [0.2, 0.25) is 0 Å². The van der Waals surface area contributed by atoms with Gasteiger partial charge < -0.3 is 0 Å². The van der Waals surface area contributed by atoms with Gasteiger partial charge in [0.25, 0.3) is 0 Å². The maximum absolute atomic E-state index is 4.48. The van der Waals surface area contributed by atoms with Gasteiger partial charge in [0.1, 0.15) is 5.03 Å². The van der Waals surface area contributed by atoms with Crippen LogP contribution in [0.5, 0.6) is 0 Å². The van der Waals surface area contributed by atoms with E-state index in [2.05, 4.69) is 35.2 Å². The van der Waals surface area contributed by atoms with Crippen LogP contribution in [0, 0.1) is 0 Å². The van der Waals surface area contributed by atoms with E-state index in [-0.39, 0.29) is 0 Å². The Morgan fingerprint density at radius 1 is 1.50 bits per heavy atom. The van der Waals surface area contributed by atoms with E-state index in [1.165, 1.54) is 36.4 Å². The van der Waals surface area contributed by atoms with Crippen molar-refractivity contribution in [1.82, 2.24) is 9.88 Å². The zero-order chi connectivity index (χ0) is 11.4. The predicted molar refractivity (Wildman–Crippen MR) is 69.9 cm³/mol. The number of rotatable bonds is 3. The summed E-state index contributed by atoms with van der Waals surface area (Å²) >= 11 is 1.76. The summed E-state index contributed by atoms with van der Waals surface area (Å²) in [5, 5.41) is 1.20. The standard InChI is InChI=1S/C13H20N2S/c1-3-15-10-5-4-8-12(15)11-7-6-9-14-13(11)16-2/h6-7,9,12H,3-5,8,10H2,1-2H3/t12-/m1/s1. The first-order valence-electron chi connectivity index (χ1n) is 6.09. The third kappa shape index (κ3) is 2.41. The normalized spacial score (nSPS) is 22.2. The lowest BCUT2D eigenvalue weighted by atomic mass is 9.96. The molecule has 0 aromatic carbocycles. The summed E-state index contributed by atoms with van der Waals surface area (Å²) < 4.78 is 0. The van der Waals surface area contributed by atoms with E-state index >= 15 is 0 Å². The van der Waals surface area contributed by atoms with E-state index in [9.17, 15) is 0 Å². The highest BCUT2D eigenvalue weighted by Crippen LogP contribution is 2.34. The topological polar surface area (TPSA) is 16.1 Å². The molecule has 3 heteroatoms. The fourth-order valence-electron chi connectivity index (χ4n) is 2.55. The lowest BCUT2D eigenvalue weighted by Gasteiger charge is -2.35. The summed E-state index contributed by atoms with van der Waals surface area (Å²) in [4.78, 5) is 7.06. The summed E-state index contributed by atoms with van der Waals surface area (Å²) in [6, 6.07) is 4.91. The van der Waals surface area contributed by atoms with E-state index < -0.39 is 0 Å². The molecule has 1 aromatic rings. The summed E-state index contributed by atoms with van der Waals surface area (Å²) in [5.74, 6) is 0. The highest BCUT2D eigenvalue weighted by Gasteiger charge is 2.24. The van der Waals surface area contributed by atoms with Crippen LogP contribution in [0.3, 0.4) is 0 Å². The number of nitrogens with zero attached hydrogens (tertiary/aromatic N) is 2. The molecule has 2 heterocycles. The molecule has 0 saturated carbocycles. The first kappa shape index (κ1) is 11.9. The van der Waals surface area contributed by atoms with Crippen LogP contribution in [0.1, 0.15) is 37.8 Å². The van der Waals surface area contributed by atoms with Gasteiger partial charge in [0, 0.05) is 17.8 Å². The maximum Gasteiger partial charge on any atom is 0.100 e. The minimum atomic E-state index is 0.592. The fraction of sp³-hybridized carbons (Fsp3) is 0.615. The highest BCUT2D eigenvalue weighted by molar-refractivity contribution is 7.98. The number of hydrogen-bond acceptors (Lipinski definition) is 3. The molecule has 1 aliphatic rings. The van der Waals surface area contributed by atoms with Crippen molar-refractivity contribution < 1.29 is 0 Å². The largest absolute Gasteiger partial charge is 0.297 e. The Bertz CT molecular complexity index is 340. The average Bonchev–Trinajstić information content (AvgIpc) is 2.38. The highest BCUT2D eigenvalue weighted by atomic mass is 32.2. The van der Waals surface area contributed by atoms with Gasteiger partial charge >= 0.3 is 0 Å². The van der Waals surface area contributed by atoms with Gasteiger partial charge in [0.2, 0.25) is 0 Å². The van der Waals surface area contributed by atoms with Gasteiger partial charge in [-0.2, -0.15) is 0 Å². The third-order valence-electron chi connectivity index (χ3n) is 3.37. The van der Waals surface area contributed by atoms with E-state index in [0.29, 0.717) is 6.04 Å². The fourth-order valence-corrected chi connectivity index (χ4v) is 3.16. The molecule has 1 atom stereocenters. The first-order valence-corrected chi connectivity index (χ1v) is 7.32. The molecule has 2 nitrogen and oxygen atoms in total. The first-order chi connectivity index (χ1) is 7.86. The van der Waals surface area contributed by atoms with Crippen molar-refractivity contribution in [3.8, 4) is 0 Å². The van der Waals surface area contributed by atoms with Crippen molar-refractivity contribution in [3.63, 3.8) is 0 Å². The van der Waals surface area contributed by atoms with Crippen LogP contribution < -0.4 is 0 Å². The average molecular weight is 236 g/mol. The zero-order valence-corrected chi connectivity index (χ0v) is 11.0. The van der Waals surface area contributed by atoms with Gasteiger partial charge in [-0.25, -0.2) is 4.98 Å². The second-order valence-electron chi connectivity index (χ2n) is 4.24. The van der Waals surface area contributed by atoms with Gasteiger partial charge in [0.15, 0.2) is 0 Å². The van der Waals surface area contributed by atoms with Crippen LogP contribution in [0.4, 0.5) is 0 Å². The molecule has 1 aromatic heterocycles. The summed E-state index contributed by atoms with van der Waals surface area (Å²) in [5.41, 5.74) is 1.43. The van der Waals surface area contributed by atoms with Crippen molar-refractivity contribution >= 4 is 11.8 Å². The number of aromatic nitrogens is 1. The third-order valence-corrected chi connectivity index (χ3v) is 4.10. The quantitative estimate of drug-likeness (QED) is 0.749. The van der Waals surface area contributed by atoms with Crippen LogP contribution in [0.15, 0.2) is 23.4 Å². The van der Waals surface area contributed by atoms with Crippen molar-refractivity contribution in [1.29, 1.82) is 0 Å². The zero-order valence-electron chi connectivity index (χ0n) is 10.1. The molecular formula is C13H20N2S. The Morgan fingerprint density at radius 2 is 2.38 bits per heavy atom.